The van der Waals surface area contributed by atoms with Gasteiger partial charge in [-0.2, -0.15) is 0 Å². The monoisotopic (exact) mass is 747 g/mol. The third kappa shape index (κ3) is 6.40. The summed E-state index contributed by atoms with van der Waals surface area (Å²) >= 11 is 0. The molecule has 0 aromatic carbocycles. The van der Waals surface area contributed by atoms with Gasteiger partial charge in [-0.05, 0) is 19.1 Å². The zero-order valence-corrected chi connectivity index (χ0v) is 30.9. The summed E-state index contributed by atoms with van der Waals surface area (Å²) in [6, 6.07) is 2.98. The first-order valence-corrected chi connectivity index (χ1v) is 17.3. The number of cyclic esters (lactones) is 1. The molecule has 0 radical (unpaired) electrons. The largest absolute Gasteiger partial charge is 0.465 e. The van der Waals surface area contributed by atoms with Crippen LogP contribution < -0.4 is 0 Å². The van der Waals surface area contributed by atoms with E-state index in [0.29, 0.717) is 0 Å². The average Bonchev–Trinajstić information content (AvgIpc) is 3.26. The van der Waals surface area contributed by atoms with Crippen LogP contribution in [0.4, 0.5) is 0 Å². The van der Waals surface area contributed by atoms with Crippen molar-refractivity contribution in [2.45, 2.75) is 116 Å². The van der Waals surface area contributed by atoms with Crippen molar-refractivity contribution in [2.24, 2.45) is 23.2 Å². The Hall–Kier alpha value is -4.64. The van der Waals surface area contributed by atoms with Crippen LogP contribution in [0.5, 0.6) is 0 Å². The van der Waals surface area contributed by atoms with Gasteiger partial charge in [0.2, 0.25) is 0 Å². The van der Waals surface area contributed by atoms with Crippen LogP contribution in [0.15, 0.2) is 18.3 Å². The molecule has 2 aliphatic carbocycles. The summed E-state index contributed by atoms with van der Waals surface area (Å²) in [7, 11) is 0. The molecule has 4 aliphatic rings. The quantitative estimate of drug-likeness (QED) is 0.320. The molecule has 17 heteroatoms. The first-order valence-electron chi connectivity index (χ1n) is 17.3. The molecule has 3 fully saturated rings. The van der Waals surface area contributed by atoms with Crippen LogP contribution in [0.2, 0.25) is 0 Å². The van der Waals surface area contributed by atoms with Gasteiger partial charge in [-0.15, -0.1) is 0 Å². The number of carbonyl (C=O) groups excluding carboxylic acids is 7. The van der Waals surface area contributed by atoms with Gasteiger partial charge in [0.05, 0.1) is 29.2 Å². The lowest BCUT2D eigenvalue weighted by Crippen LogP contribution is -2.83. The van der Waals surface area contributed by atoms with E-state index < -0.39 is 132 Å². The van der Waals surface area contributed by atoms with Crippen LogP contribution in [0.25, 0.3) is 0 Å². The van der Waals surface area contributed by atoms with E-state index in [9.17, 15) is 38.7 Å². The summed E-state index contributed by atoms with van der Waals surface area (Å²) in [6.07, 6.45) is -8.94. The number of ether oxygens (including phenoxy) is 8. The number of fused-ring (bicyclic) bond motifs is 5. The second-order valence-corrected chi connectivity index (χ2v) is 14.5. The summed E-state index contributed by atoms with van der Waals surface area (Å²) in [6.45, 7) is 10.0. The van der Waals surface area contributed by atoms with Gasteiger partial charge in [-0.1, -0.05) is 20.8 Å². The van der Waals surface area contributed by atoms with Crippen LogP contribution in [0, 0.1) is 23.2 Å². The zero-order chi connectivity index (χ0) is 39.4. The lowest BCUT2D eigenvalue weighted by atomic mass is 9.46. The molecule has 53 heavy (non-hydrogen) atoms. The van der Waals surface area contributed by atoms with Crippen molar-refractivity contribution in [3.8, 4) is 0 Å². The van der Waals surface area contributed by atoms with Crippen LogP contribution in [0.1, 0.15) is 84.3 Å². The van der Waals surface area contributed by atoms with E-state index in [1.807, 2.05) is 0 Å². The smallest absolute Gasteiger partial charge is 0.340 e. The SMILES string of the molecule is CC(=O)OCC12C(OC(C)=O)C(OC(C)=O)C3OC(=O)C(C)C(C)c4ncccc4C(=O)OCC4(C)OC1(C3C)C(O)C4C(OC(C)=O)C2OC(C)=O. The third-order valence-corrected chi connectivity index (χ3v) is 11.1. The van der Waals surface area contributed by atoms with E-state index in [4.69, 9.17) is 37.9 Å². The topological polar surface area (TPSA) is 226 Å². The molecule has 13 unspecified atom stereocenters. The molecule has 13 atom stereocenters. The third-order valence-electron chi connectivity index (χ3n) is 11.1. The number of nitrogens with zero attached hydrogens (tertiary/aromatic N) is 1. The van der Waals surface area contributed by atoms with Crippen molar-refractivity contribution in [3.63, 3.8) is 0 Å². The Balaban J connectivity index is 1.91. The summed E-state index contributed by atoms with van der Waals surface area (Å²) in [5, 5.41) is 12.7. The fourth-order valence-corrected chi connectivity index (χ4v) is 8.94. The van der Waals surface area contributed by atoms with E-state index >= 15 is 0 Å². The molecular weight excluding hydrogens is 702 g/mol. The van der Waals surface area contributed by atoms with Crippen LogP contribution >= 0.6 is 0 Å². The van der Waals surface area contributed by atoms with Gasteiger partial charge in [-0.3, -0.25) is 33.8 Å². The normalized spacial score (nSPS) is 38.9. The summed E-state index contributed by atoms with van der Waals surface area (Å²) in [5.41, 5.74) is -6.06. The number of aliphatic hydroxyl groups is 1. The van der Waals surface area contributed by atoms with Crippen molar-refractivity contribution in [1.29, 1.82) is 0 Å². The first-order chi connectivity index (χ1) is 24.7. The Kier molecular flexibility index (Phi) is 10.7. The molecule has 0 amide bonds. The predicted octanol–water partition coefficient (Wildman–Crippen LogP) is 1.35. The number of hydrogen-bond acceptors (Lipinski definition) is 17. The fraction of sp³-hybridized carbons (Fsp3) is 0.667. The number of aromatic nitrogens is 1. The first kappa shape index (κ1) is 39.6. The van der Waals surface area contributed by atoms with E-state index in [-0.39, 0.29) is 11.3 Å². The van der Waals surface area contributed by atoms with Crippen molar-refractivity contribution in [1.82, 2.24) is 4.98 Å². The van der Waals surface area contributed by atoms with Crippen molar-refractivity contribution in [2.75, 3.05) is 13.2 Å². The highest BCUT2D eigenvalue weighted by Gasteiger charge is 2.87. The minimum absolute atomic E-state index is 0.0276. The minimum Gasteiger partial charge on any atom is -0.465 e. The number of pyridine rings is 1. The molecule has 1 saturated heterocycles. The van der Waals surface area contributed by atoms with Gasteiger partial charge in [0, 0.05) is 52.7 Å². The maximum absolute atomic E-state index is 14.2. The van der Waals surface area contributed by atoms with E-state index in [2.05, 4.69) is 4.98 Å². The maximum atomic E-state index is 14.2. The molecular formula is C36H45NO16. The fourth-order valence-electron chi connectivity index (χ4n) is 8.94. The van der Waals surface area contributed by atoms with Crippen molar-refractivity contribution >= 4 is 41.8 Å². The Bertz CT molecular complexity index is 1700. The molecule has 3 heterocycles. The highest BCUT2D eigenvalue weighted by molar-refractivity contribution is 5.91. The van der Waals surface area contributed by atoms with E-state index in [1.165, 1.54) is 32.2 Å². The van der Waals surface area contributed by atoms with Crippen LogP contribution in [-0.4, -0.2) is 113 Å². The number of esters is 7. The number of hydrogen-bond donors (Lipinski definition) is 1. The second-order valence-electron chi connectivity index (χ2n) is 14.5. The Morgan fingerprint density at radius 2 is 1.42 bits per heavy atom. The summed E-state index contributed by atoms with van der Waals surface area (Å²) < 4.78 is 48.2. The Labute approximate surface area is 305 Å². The molecule has 2 aliphatic heterocycles. The minimum atomic E-state index is -2.28. The van der Waals surface area contributed by atoms with Crippen LogP contribution in [-0.2, 0) is 66.7 Å². The molecule has 1 aromatic rings. The molecule has 1 aromatic heterocycles. The lowest BCUT2D eigenvalue weighted by molar-refractivity contribution is -0.349. The number of carbonyl (C=O) groups is 7. The van der Waals surface area contributed by atoms with Gasteiger partial charge >= 0.3 is 41.8 Å². The van der Waals surface area contributed by atoms with E-state index in [0.717, 1.165) is 34.6 Å². The standard InChI is InChI=1S/C36H45NO16/c1-15-16(2)32(44)52-26-17(3)36-29(43)24(34(9,53-36)13-47-33(45)23-11-10-12-37-25(15)23)27(48-19(5)39)30(50-21(7)41)35(36,14-46-18(4)38)31(51-22(8)42)28(26)49-20(6)40/h10-12,15-17,24,26-31,43H,13-14H2,1-9H3. The van der Waals surface area contributed by atoms with Gasteiger partial charge in [-0.25, -0.2) is 4.79 Å². The molecule has 290 valence electrons. The lowest BCUT2D eigenvalue weighted by Gasteiger charge is -2.65. The molecule has 1 spiro atoms. The van der Waals surface area contributed by atoms with Gasteiger partial charge in [0.25, 0.3) is 0 Å². The Morgan fingerprint density at radius 3 is 1.98 bits per heavy atom. The molecule has 4 bridgehead atoms. The molecule has 2 saturated carbocycles. The van der Waals surface area contributed by atoms with Gasteiger partial charge in [0.15, 0.2) is 18.3 Å². The van der Waals surface area contributed by atoms with Gasteiger partial charge < -0.3 is 43.0 Å². The van der Waals surface area contributed by atoms with Crippen molar-refractivity contribution in [3.05, 3.63) is 29.6 Å². The average molecular weight is 748 g/mol. The second kappa shape index (κ2) is 14.3. The predicted molar refractivity (Wildman–Crippen MR) is 174 cm³/mol. The summed E-state index contributed by atoms with van der Waals surface area (Å²) in [5.74, 6) is -10.7. The van der Waals surface area contributed by atoms with Crippen LogP contribution in [0.3, 0.4) is 0 Å². The zero-order valence-electron chi connectivity index (χ0n) is 30.9. The molecule has 5 rings (SSSR count). The number of rotatable bonds is 6. The highest BCUT2D eigenvalue weighted by atomic mass is 16.7. The highest BCUT2D eigenvalue weighted by Crippen LogP contribution is 2.68. The number of aliphatic hydroxyl groups excluding tert-OH is 1. The maximum Gasteiger partial charge on any atom is 0.340 e. The van der Waals surface area contributed by atoms with Crippen molar-refractivity contribution < 1.29 is 76.6 Å². The Morgan fingerprint density at radius 1 is 0.849 bits per heavy atom. The summed E-state index contributed by atoms with van der Waals surface area (Å²) in [4.78, 5) is 96.8. The van der Waals surface area contributed by atoms with Gasteiger partial charge in [0.1, 0.15) is 42.0 Å². The molecule has 1 N–H and O–H groups in total. The van der Waals surface area contributed by atoms with E-state index in [1.54, 1.807) is 13.8 Å². The molecule has 17 nitrogen and oxygen atoms in total.